The lowest BCUT2D eigenvalue weighted by Crippen LogP contribution is -2.48. The molecule has 1 unspecified atom stereocenters. The molecule has 7 heteroatoms. The van der Waals surface area contributed by atoms with Crippen LogP contribution in [-0.2, 0) is 26.1 Å². The Labute approximate surface area is 193 Å². The van der Waals surface area contributed by atoms with E-state index in [1.165, 1.54) is 11.3 Å². The molecule has 1 aromatic carbocycles. The van der Waals surface area contributed by atoms with Gasteiger partial charge >= 0.3 is 0 Å². The molecule has 3 aromatic heterocycles. The number of benzene rings is 1. The average molecular weight is 444 g/mol. The van der Waals surface area contributed by atoms with Gasteiger partial charge in [-0.3, -0.25) is 14.8 Å². The van der Waals surface area contributed by atoms with Crippen molar-refractivity contribution in [2.75, 3.05) is 6.54 Å². The van der Waals surface area contributed by atoms with Crippen molar-refractivity contribution in [3.05, 3.63) is 101 Å². The zero-order chi connectivity index (χ0) is 22.8. The number of carbonyl (C=O) groups is 1. The van der Waals surface area contributed by atoms with Crippen LogP contribution in [0.5, 0.6) is 0 Å². The van der Waals surface area contributed by atoms with E-state index in [4.69, 9.17) is 4.42 Å². The minimum atomic E-state index is -0.181. The predicted molar refractivity (Wildman–Crippen MR) is 126 cm³/mol. The van der Waals surface area contributed by atoms with E-state index in [1.54, 1.807) is 6.07 Å². The van der Waals surface area contributed by atoms with Crippen molar-refractivity contribution in [2.45, 2.75) is 45.9 Å². The van der Waals surface area contributed by atoms with E-state index in [2.05, 4.69) is 67.6 Å². The topological polar surface area (TPSA) is 79.1 Å². The van der Waals surface area contributed by atoms with Gasteiger partial charge in [-0.15, -0.1) is 0 Å². The standard InChI is InChI=1S/C26H29N5O2/c1-18-24(19(2)29-28-18)13-23-10-11-25(33-23)26(32)27-14-22-17-30-12-6-9-21(30)16-31(22)15-20-7-4-3-5-8-20/h3-12,22H,13-17H2,1-2H3,(H,27,32)(H,28,29). The number of fused-ring (bicyclic) bond motifs is 1. The maximum Gasteiger partial charge on any atom is 0.287 e. The third-order valence-corrected chi connectivity index (χ3v) is 6.46. The third kappa shape index (κ3) is 4.64. The molecule has 1 amide bonds. The highest BCUT2D eigenvalue weighted by atomic mass is 16.3. The molecule has 5 rings (SSSR count). The van der Waals surface area contributed by atoms with Crippen LogP contribution in [0.25, 0.3) is 0 Å². The van der Waals surface area contributed by atoms with Gasteiger partial charge in [0.1, 0.15) is 5.76 Å². The minimum absolute atomic E-state index is 0.181. The van der Waals surface area contributed by atoms with E-state index in [0.717, 1.165) is 42.3 Å². The van der Waals surface area contributed by atoms with Gasteiger partial charge < -0.3 is 14.3 Å². The second-order valence-corrected chi connectivity index (χ2v) is 8.76. The van der Waals surface area contributed by atoms with Crippen LogP contribution in [0.4, 0.5) is 0 Å². The van der Waals surface area contributed by atoms with Crippen LogP contribution < -0.4 is 5.32 Å². The highest BCUT2D eigenvalue weighted by Gasteiger charge is 2.26. The zero-order valence-corrected chi connectivity index (χ0v) is 19.0. The van der Waals surface area contributed by atoms with Crippen LogP contribution in [0, 0.1) is 13.8 Å². The van der Waals surface area contributed by atoms with Crippen LogP contribution in [0.3, 0.4) is 0 Å². The molecule has 0 bridgehead atoms. The van der Waals surface area contributed by atoms with E-state index < -0.39 is 0 Å². The van der Waals surface area contributed by atoms with Crippen molar-refractivity contribution >= 4 is 5.91 Å². The fourth-order valence-corrected chi connectivity index (χ4v) is 4.55. The molecule has 1 aliphatic heterocycles. The number of hydrogen-bond donors (Lipinski definition) is 2. The van der Waals surface area contributed by atoms with Crippen LogP contribution in [0.2, 0.25) is 0 Å². The Hall–Kier alpha value is -3.58. The highest BCUT2D eigenvalue weighted by Crippen LogP contribution is 2.21. The van der Waals surface area contributed by atoms with Gasteiger partial charge in [0.2, 0.25) is 0 Å². The summed E-state index contributed by atoms with van der Waals surface area (Å²) in [5.41, 5.74) is 5.66. The number of hydrogen-bond acceptors (Lipinski definition) is 4. The number of carbonyl (C=O) groups excluding carboxylic acids is 1. The Morgan fingerprint density at radius 1 is 1.15 bits per heavy atom. The van der Waals surface area contributed by atoms with E-state index in [-0.39, 0.29) is 11.9 Å². The predicted octanol–water partition coefficient (Wildman–Crippen LogP) is 3.83. The second kappa shape index (κ2) is 9.11. The maximum absolute atomic E-state index is 12.8. The SMILES string of the molecule is Cc1n[nH]c(C)c1Cc1ccc(C(=O)NCC2Cn3cccc3CN2Cc2ccccc2)o1. The Morgan fingerprint density at radius 3 is 2.79 bits per heavy atom. The van der Waals surface area contributed by atoms with Gasteiger partial charge in [-0.2, -0.15) is 5.10 Å². The van der Waals surface area contributed by atoms with Gasteiger partial charge in [-0.1, -0.05) is 30.3 Å². The quantitative estimate of drug-likeness (QED) is 0.455. The summed E-state index contributed by atoms with van der Waals surface area (Å²) in [6, 6.07) is 18.5. The Balaban J connectivity index is 1.24. The molecule has 0 radical (unpaired) electrons. The summed E-state index contributed by atoms with van der Waals surface area (Å²) >= 11 is 0. The summed E-state index contributed by atoms with van der Waals surface area (Å²) < 4.78 is 8.14. The molecule has 0 aliphatic carbocycles. The first-order chi connectivity index (χ1) is 16.1. The van der Waals surface area contributed by atoms with E-state index in [0.29, 0.717) is 18.7 Å². The molecule has 1 atom stereocenters. The van der Waals surface area contributed by atoms with E-state index in [1.807, 2.05) is 26.0 Å². The number of aryl methyl sites for hydroxylation is 2. The highest BCUT2D eigenvalue weighted by molar-refractivity contribution is 5.91. The molecular formula is C26H29N5O2. The molecule has 0 fully saturated rings. The number of amides is 1. The first kappa shape index (κ1) is 21.3. The largest absolute Gasteiger partial charge is 0.456 e. The van der Waals surface area contributed by atoms with Crippen molar-refractivity contribution in [3.8, 4) is 0 Å². The molecule has 4 aromatic rings. The number of aromatic amines is 1. The molecule has 33 heavy (non-hydrogen) atoms. The van der Waals surface area contributed by atoms with Gasteiger partial charge in [0.25, 0.3) is 5.91 Å². The Bertz CT molecular complexity index is 1220. The van der Waals surface area contributed by atoms with Crippen molar-refractivity contribution < 1.29 is 9.21 Å². The van der Waals surface area contributed by atoms with Crippen LogP contribution in [0.1, 0.15) is 44.5 Å². The average Bonchev–Trinajstić information content (AvgIpc) is 3.55. The van der Waals surface area contributed by atoms with Crippen LogP contribution in [0.15, 0.2) is 65.2 Å². The number of aromatic nitrogens is 3. The normalized spacial score (nSPS) is 16.0. The molecule has 1 aliphatic rings. The lowest BCUT2D eigenvalue weighted by atomic mass is 10.1. The molecule has 2 N–H and O–H groups in total. The monoisotopic (exact) mass is 443 g/mol. The number of nitrogens with one attached hydrogen (secondary N) is 2. The lowest BCUT2D eigenvalue weighted by molar-refractivity contribution is 0.0871. The summed E-state index contributed by atoms with van der Waals surface area (Å²) in [6.07, 6.45) is 2.73. The number of furan rings is 1. The number of H-pyrrole nitrogens is 1. The van der Waals surface area contributed by atoms with E-state index in [9.17, 15) is 4.79 Å². The first-order valence-electron chi connectivity index (χ1n) is 11.4. The summed E-state index contributed by atoms with van der Waals surface area (Å²) in [5.74, 6) is 0.920. The summed E-state index contributed by atoms with van der Waals surface area (Å²) in [7, 11) is 0. The van der Waals surface area contributed by atoms with E-state index >= 15 is 0 Å². The smallest absolute Gasteiger partial charge is 0.287 e. The minimum Gasteiger partial charge on any atom is -0.456 e. The zero-order valence-electron chi connectivity index (χ0n) is 19.0. The third-order valence-electron chi connectivity index (χ3n) is 6.46. The molecular weight excluding hydrogens is 414 g/mol. The van der Waals surface area contributed by atoms with Gasteiger partial charge in [0.15, 0.2) is 5.76 Å². The number of rotatable bonds is 7. The van der Waals surface area contributed by atoms with Crippen LogP contribution >= 0.6 is 0 Å². The fourth-order valence-electron chi connectivity index (χ4n) is 4.55. The van der Waals surface area contributed by atoms with Crippen molar-refractivity contribution in [2.24, 2.45) is 0 Å². The number of nitrogens with zero attached hydrogens (tertiary/aromatic N) is 3. The summed E-state index contributed by atoms with van der Waals surface area (Å²) in [5, 5.41) is 10.3. The van der Waals surface area contributed by atoms with Gasteiger partial charge in [0.05, 0.1) is 5.69 Å². The van der Waals surface area contributed by atoms with Gasteiger partial charge in [0, 0.05) is 61.8 Å². The molecule has 0 saturated heterocycles. The van der Waals surface area contributed by atoms with Crippen molar-refractivity contribution in [3.63, 3.8) is 0 Å². The molecule has 170 valence electrons. The molecule has 0 spiro atoms. The van der Waals surface area contributed by atoms with Gasteiger partial charge in [-0.25, -0.2) is 0 Å². The summed E-state index contributed by atoms with van der Waals surface area (Å²) in [4.78, 5) is 15.3. The summed E-state index contributed by atoms with van der Waals surface area (Å²) in [6.45, 7) is 7.07. The lowest BCUT2D eigenvalue weighted by Gasteiger charge is -2.37. The molecule has 7 nitrogen and oxygen atoms in total. The van der Waals surface area contributed by atoms with Crippen molar-refractivity contribution in [1.82, 2.24) is 25.0 Å². The first-order valence-corrected chi connectivity index (χ1v) is 11.4. The Morgan fingerprint density at radius 2 is 2.00 bits per heavy atom. The van der Waals surface area contributed by atoms with Crippen LogP contribution in [-0.4, -0.2) is 38.2 Å². The molecule has 0 saturated carbocycles. The van der Waals surface area contributed by atoms with Crippen molar-refractivity contribution in [1.29, 1.82) is 0 Å². The van der Waals surface area contributed by atoms with Gasteiger partial charge in [-0.05, 0) is 43.7 Å². The second-order valence-electron chi connectivity index (χ2n) is 8.76. The maximum atomic E-state index is 12.8. The Kier molecular flexibility index (Phi) is 5.88. The molecule has 4 heterocycles. The fraction of sp³-hybridized carbons (Fsp3) is 0.308.